The van der Waals surface area contributed by atoms with Gasteiger partial charge in [-0.3, -0.25) is 9.48 Å². The Balaban J connectivity index is 1.22. The molecule has 0 atom stereocenters. The second kappa shape index (κ2) is 9.77. The maximum absolute atomic E-state index is 12.9. The third-order valence-electron chi connectivity index (χ3n) is 6.88. The number of fused-ring (bicyclic) bond motifs is 1. The fourth-order valence-electron chi connectivity index (χ4n) is 4.81. The van der Waals surface area contributed by atoms with Crippen LogP contribution in [0.4, 0.5) is 5.82 Å². The predicted molar refractivity (Wildman–Crippen MR) is 146 cm³/mol. The van der Waals surface area contributed by atoms with Gasteiger partial charge < -0.3 is 9.80 Å². The Morgan fingerprint density at radius 2 is 1.77 bits per heavy atom. The van der Waals surface area contributed by atoms with Crippen LogP contribution in [0, 0.1) is 23.7 Å². The lowest BCUT2D eigenvalue weighted by atomic mass is 10.0. The van der Waals surface area contributed by atoms with Gasteiger partial charge in [0.25, 0.3) is 5.91 Å². The van der Waals surface area contributed by atoms with Crippen molar-refractivity contribution in [2.24, 2.45) is 7.05 Å². The molecule has 39 heavy (non-hydrogen) atoms. The van der Waals surface area contributed by atoms with Crippen LogP contribution in [0.25, 0.3) is 27.8 Å². The quantitative estimate of drug-likeness (QED) is 0.340. The third-order valence-corrected chi connectivity index (χ3v) is 6.88. The molecular weight excluding hydrogens is 490 g/mol. The molecular formula is C29H23N9O. The summed E-state index contributed by atoms with van der Waals surface area (Å²) in [7, 11) is 1.87. The van der Waals surface area contributed by atoms with Crippen LogP contribution in [0.3, 0.4) is 0 Å². The Bertz CT molecular complexity index is 1760. The van der Waals surface area contributed by atoms with E-state index >= 15 is 0 Å². The van der Waals surface area contributed by atoms with Gasteiger partial charge in [-0.2, -0.15) is 15.5 Å². The molecule has 10 heteroatoms. The summed E-state index contributed by atoms with van der Waals surface area (Å²) in [4.78, 5) is 25.7. The van der Waals surface area contributed by atoms with Gasteiger partial charge in [0, 0.05) is 80.3 Å². The molecule has 10 nitrogen and oxygen atoms in total. The summed E-state index contributed by atoms with van der Waals surface area (Å²) in [5.41, 5.74) is 5.90. The van der Waals surface area contributed by atoms with Crippen LogP contribution in [0.15, 0.2) is 67.5 Å². The smallest absolute Gasteiger partial charge is 0.255 e. The van der Waals surface area contributed by atoms with Crippen molar-refractivity contribution in [3.8, 4) is 40.7 Å². The Kier molecular flexibility index (Phi) is 5.98. The molecule has 0 unspecified atom stereocenters. The van der Waals surface area contributed by atoms with Crippen LogP contribution >= 0.6 is 0 Å². The predicted octanol–water partition coefficient (Wildman–Crippen LogP) is 3.01. The highest BCUT2D eigenvalue weighted by Crippen LogP contribution is 2.32. The van der Waals surface area contributed by atoms with Crippen molar-refractivity contribution in [1.82, 2.24) is 34.3 Å². The first-order chi connectivity index (χ1) is 19.0. The first kappa shape index (κ1) is 23.9. The van der Waals surface area contributed by atoms with E-state index in [1.54, 1.807) is 33.7 Å². The van der Waals surface area contributed by atoms with Crippen molar-refractivity contribution in [2.45, 2.75) is 0 Å². The van der Waals surface area contributed by atoms with Crippen molar-refractivity contribution < 1.29 is 4.79 Å². The van der Waals surface area contributed by atoms with Crippen molar-refractivity contribution in [1.29, 1.82) is 5.26 Å². The van der Waals surface area contributed by atoms with Crippen molar-refractivity contribution in [2.75, 3.05) is 31.1 Å². The largest absolute Gasteiger partial charge is 0.353 e. The summed E-state index contributed by atoms with van der Waals surface area (Å²) in [5, 5.41) is 18.4. The molecule has 6 heterocycles. The molecule has 0 bridgehead atoms. The van der Waals surface area contributed by atoms with Crippen LogP contribution in [0.5, 0.6) is 0 Å². The minimum absolute atomic E-state index is 0.0550. The number of hydrogen-bond acceptors (Lipinski definition) is 7. The average molecular weight is 514 g/mol. The first-order valence-electron chi connectivity index (χ1n) is 12.4. The maximum Gasteiger partial charge on any atom is 0.255 e. The maximum atomic E-state index is 12.9. The number of piperazine rings is 1. The van der Waals surface area contributed by atoms with E-state index < -0.39 is 0 Å². The van der Waals surface area contributed by atoms with Crippen molar-refractivity contribution >= 4 is 17.2 Å². The highest BCUT2D eigenvalue weighted by atomic mass is 16.2. The fraction of sp³-hybridized carbons (Fsp3) is 0.172. The van der Waals surface area contributed by atoms with Gasteiger partial charge in [0.2, 0.25) is 0 Å². The lowest BCUT2D eigenvalue weighted by Gasteiger charge is -2.35. The Morgan fingerprint density at radius 3 is 2.41 bits per heavy atom. The lowest BCUT2D eigenvalue weighted by Crippen LogP contribution is -2.49. The molecule has 0 N–H and O–H groups in total. The number of anilines is 1. The molecule has 6 rings (SSSR count). The van der Waals surface area contributed by atoms with E-state index in [0.717, 1.165) is 33.6 Å². The molecule has 1 aliphatic heterocycles. The number of nitriles is 1. The van der Waals surface area contributed by atoms with Crippen LogP contribution in [0.2, 0.25) is 0 Å². The number of carbonyl (C=O) groups excluding carboxylic acids is 1. The van der Waals surface area contributed by atoms with Gasteiger partial charge in [-0.25, -0.2) is 14.5 Å². The Labute approximate surface area is 224 Å². The van der Waals surface area contributed by atoms with E-state index in [4.69, 9.17) is 11.4 Å². The van der Waals surface area contributed by atoms with E-state index in [1.807, 2.05) is 48.7 Å². The van der Waals surface area contributed by atoms with Gasteiger partial charge in [-0.15, -0.1) is 6.42 Å². The summed E-state index contributed by atoms with van der Waals surface area (Å²) in [5.74, 6) is 3.24. The summed E-state index contributed by atoms with van der Waals surface area (Å²) in [6.45, 7) is 2.48. The molecule has 5 aromatic rings. The Hall–Kier alpha value is -5.48. The summed E-state index contributed by atoms with van der Waals surface area (Å²) < 4.78 is 3.48. The van der Waals surface area contributed by atoms with E-state index in [1.165, 1.54) is 6.20 Å². The molecule has 1 aliphatic rings. The van der Waals surface area contributed by atoms with E-state index in [0.29, 0.717) is 43.0 Å². The number of terminal acetylenes is 1. The zero-order valence-corrected chi connectivity index (χ0v) is 21.2. The van der Waals surface area contributed by atoms with Gasteiger partial charge in [-0.05, 0) is 30.3 Å². The number of aryl methyl sites for hydroxylation is 1. The molecule has 0 radical (unpaired) electrons. The molecule has 0 spiro atoms. The van der Waals surface area contributed by atoms with Crippen molar-refractivity contribution in [3.05, 3.63) is 84.3 Å². The zero-order chi connectivity index (χ0) is 26.9. The second-order valence-electron chi connectivity index (χ2n) is 9.27. The molecule has 1 saturated heterocycles. The molecule has 0 saturated carbocycles. The number of hydrogen-bond donors (Lipinski definition) is 0. The van der Waals surface area contributed by atoms with Crippen molar-refractivity contribution in [3.63, 3.8) is 0 Å². The average Bonchev–Trinajstić information content (AvgIpc) is 3.62. The molecule has 5 aromatic heterocycles. The standard InChI is InChI=1S/C29H23N9O/c1-3-25-6-4-21(15-31-25)29(39)37-10-8-36(9-11-37)27-7-5-20(14-32-27)26-12-22(24-17-33-35(2)18-24)19-38-28(26)23(13-30)16-34-38/h1,4-7,12,14-19H,8-11H2,2H3. The fourth-order valence-corrected chi connectivity index (χ4v) is 4.81. The topological polar surface area (TPSA) is 108 Å². The van der Waals surface area contributed by atoms with Crippen LogP contribution in [0.1, 0.15) is 21.6 Å². The van der Waals surface area contributed by atoms with E-state index in [-0.39, 0.29) is 5.91 Å². The van der Waals surface area contributed by atoms with E-state index in [2.05, 4.69) is 32.1 Å². The number of rotatable bonds is 4. The van der Waals surface area contributed by atoms with Crippen LogP contribution in [-0.4, -0.2) is 66.3 Å². The summed E-state index contributed by atoms with van der Waals surface area (Å²) in [6.07, 6.45) is 15.9. The van der Waals surface area contributed by atoms with Gasteiger partial charge in [0.15, 0.2) is 0 Å². The number of amides is 1. The van der Waals surface area contributed by atoms with Gasteiger partial charge in [0.05, 0.1) is 29.0 Å². The van der Waals surface area contributed by atoms with Gasteiger partial charge in [-0.1, -0.05) is 5.92 Å². The van der Waals surface area contributed by atoms with Gasteiger partial charge >= 0.3 is 0 Å². The Morgan fingerprint density at radius 1 is 0.923 bits per heavy atom. The minimum atomic E-state index is -0.0550. The van der Waals surface area contributed by atoms with Crippen LogP contribution in [-0.2, 0) is 7.05 Å². The number of nitrogens with zero attached hydrogens (tertiary/aromatic N) is 9. The normalized spacial score (nSPS) is 13.3. The SMILES string of the molecule is C#Cc1ccc(C(=O)N2CCN(c3ccc(-c4cc(-c5cnn(C)c5)cn5ncc(C#N)c45)cn3)CC2)cn1. The summed E-state index contributed by atoms with van der Waals surface area (Å²) >= 11 is 0. The molecule has 190 valence electrons. The summed E-state index contributed by atoms with van der Waals surface area (Å²) in [6, 6.07) is 11.7. The van der Waals surface area contributed by atoms with Crippen LogP contribution < -0.4 is 4.90 Å². The number of pyridine rings is 3. The molecule has 1 fully saturated rings. The number of aromatic nitrogens is 6. The molecule has 0 aliphatic carbocycles. The highest BCUT2D eigenvalue weighted by molar-refractivity contribution is 5.94. The third kappa shape index (κ3) is 4.45. The first-order valence-corrected chi connectivity index (χ1v) is 12.4. The molecule has 0 aromatic carbocycles. The second-order valence-corrected chi connectivity index (χ2v) is 9.27. The highest BCUT2D eigenvalue weighted by Gasteiger charge is 2.23. The lowest BCUT2D eigenvalue weighted by molar-refractivity contribution is 0.0746. The molecule has 1 amide bonds. The monoisotopic (exact) mass is 513 g/mol. The number of carbonyl (C=O) groups is 1. The minimum Gasteiger partial charge on any atom is -0.353 e. The van der Waals surface area contributed by atoms with E-state index in [9.17, 15) is 10.1 Å². The zero-order valence-electron chi connectivity index (χ0n) is 21.2. The van der Waals surface area contributed by atoms with Gasteiger partial charge in [0.1, 0.15) is 17.6 Å².